The normalized spacial score (nSPS) is 14.9. The monoisotopic (exact) mass is 218 g/mol. The molecule has 5 heteroatoms. The van der Waals surface area contributed by atoms with Gasteiger partial charge in [-0.25, -0.2) is 0 Å². The first-order valence-electron chi connectivity index (χ1n) is 4.84. The van der Waals surface area contributed by atoms with Gasteiger partial charge in [-0.3, -0.25) is 9.59 Å². The largest absolute Gasteiger partial charge is 0.356 e. The molecule has 1 aliphatic rings. The van der Waals surface area contributed by atoms with Gasteiger partial charge in [-0.05, 0) is 12.8 Å². The predicted molar refractivity (Wildman–Crippen MR) is 54.1 cm³/mol. The van der Waals surface area contributed by atoms with Gasteiger partial charge in [0.2, 0.25) is 11.8 Å². The lowest BCUT2D eigenvalue weighted by molar-refractivity contribution is -0.122. The van der Waals surface area contributed by atoms with Gasteiger partial charge < -0.3 is 10.6 Å². The van der Waals surface area contributed by atoms with Crippen molar-refractivity contribution >= 4 is 23.4 Å². The molecule has 0 spiro atoms. The van der Waals surface area contributed by atoms with Gasteiger partial charge in [0.15, 0.2) is 0 Å². The number of carbonyl (C=O) groups is 2. The van der Waals surface area contributed by atoms with Gasteiger partial charge in [0.1, 0.15) is 0 Å². The van der Waals surface area contributed by atoms with Gasteiger partial charge in [-0.2, -0.15) is 0 Å². The molecule has 1 aliphatic carbocycles. The summed E-state index contributed by atoms with van der Waals surface area (Å²) < 4.78 is 0. The summed E-state index contributed by atoms with van der Waals surface area (Å²) >= 11 is 5.37. The zero-order chi connectivity index (χ0) is 10.4. The van der Waals surface area contributed by atoms with Crippen LogP contribution >= 0.6 is 11.6 Å². The summed E-state index contributed by atoms with van der Waals surface area (Å²) in [5, 5.41) is 5.47. The minimum atomic E-state index is -0.0979. The van der Waals surface area contributed by atoms with Crippen molar-refractivity contribution in [3.63, 3.8) is 0 Å². The molecule has 0 unspecified atom stereocenters. The molecule has 4 nitrogen and oxygen atoms in total. The Hall–Kier alpha value is -0.770. The molecule has 0 saturated heterocycles. The number of carbonyl (C=O) groups excluding carboxylic acids is 2. The lowest BCUT2D eigenvalue weighted by Gasteiger charge is -2.04. The van der Waals surface area contributed by atoms with E-state index in [2.05, 4.69) is 10.6 Å². The molecule has 0 aromatic carbocycles. The van der Waals surface area contributed by atoms with Crippen molar-refractivity contribution in [2.45, 2.75) is 31.7 Å². The van der Waals surface area contributed by atoms with E-state index in [0.717, 1.165) is 12.8 Å². The van der Waals surface area contributed by atoms with Crippen LogP contribution in [0.4, 0.5) is 0 Å². The van der Waals surface area contributed by atoms with Crippen LogP contribution in [0.1, 0.15) is 25.7 Å². The molecule has 2 amide bonds. The molecule has 0 radical (unpaired) electrons. The molecule has 0 heterocycles. The highest BCUT2D eigenvalue weighted by atomic mass is 35.5. The van der Waals surface area contributed by atoms with Crippen molar-refractivity contribution < 1.29 is 9.59 Å². The molecule has 0 bridgehead atoms. The first-order valence-corrected chi connectivity index (χ1v) is 5.38. The summed E-state index contributed by atoms with van der Waals surface area (Å²) in [6, 6.07) is 0.390. The molecule has 80 valence electrons. The lowest BCUT2D eigenvalue weighted by Crippen LogP contribution is -2.31. The van der Waals surface area contributed by atoms with E-state index in [1.807, 2.05) is 0 Å². The van der Waals surface area contributed by atoms with E-state index in [-0.39, 0.29) is 11.8 Å². The van der Waals surface area contributed by atoms with Crippen LogP contribution in [0.5, 0.6) is 0 Å². The second kappa shape index (κ2) is 5.86. The first-order chi connectivity index (χ1) is 6.72. The van der Waals surface area contributed by atoms with E-state index < -0.39 is 0 Å². The van der Waals surface area contributed by atoms with Crippen molar-refractivity contribution in [2.75, 3.05) is 12.4 Å². The number of nitrogens with one attached hydrogen (secondary N) is 2. The van der Waals surface area contributed by atoms with E-state index in [0.29, 0.717) is 31.3 Å². The highest BCUT2D eigenvalue weighted by Crippen LogP contribution is 2.18. The van der Waals surface area contributed by atoms with Gasteiger partial charge in [0, 0.05) is 31.3 Å². The quantitative estimate of drug-likeness (QED) is 0.634. The molecule has 0 aromatic heterocycles. The van der Waals surface area contributed by atoms with Crippen molar-refractivity contribution in [3.8, 4) is 0 Å². The van der Waals surface area contributed by atoms with E-state index in [4.69, 9.17) is 11.6 Å². The van der Waals surface area contributed by atoms with Crippen LogP contribution in [0.25, 0.3) is 0 Å². The summed E-state index contributed by atoms with van der Waals surface area (Å²) in [4.78, 5) is 22.1. The molecule has 1 saturated carbocycles. The van der Waals surface area contributed by atoms with Crippen molar-refractivity contribution in [1.29, 1.82) is 0 Å². The maximum atomic E-state index is 11.1. The molecule has 1 rings (SSSR count). The standard InChI is InChI=1S/C9H15ClN2O2/c10-5-3-8(13)11-6-4-9(14)12-7-1-2-7/h7H,1-6H2,(H,11,13)(H,12,14). The Labute approximate surface area is 88.4 Å². The number of amides is 2. The third kappa shape index (κ3) is 5.07. The van der Waals surface area contributed by atoms with Gasteiger partial charge in [0.25, 0.3) is 0 Å². The Morgan fingerprint density at radius 3 is 2.50 bits per heavy atom. The second-order valence-corrected chi connectivity index (χ2v) is 3.76. The lowest BCUT2D eigenvalue weighted by atomic mass is 10.3. The van der Waals surface area contributed by atoms with Crippen LogP contribution < -0.4 is 10.6 Å². The summed E-state index contributed by atoms with van der Waals surface area (Å²) in [6.07, 6.45) is 2.84. The zero-order valence-corrected chi connectivity index (χ0v) is 8.77. The summed E-state index contributed by atoms with van der Waals surface area (Å²) in [7, 11) is 0. The Bertz CT molecular complexity index is 217. The third-order valence-electron chi connectivity index (χ3n) is 1.94. The number of hydrogen-bond donors (Lipinski definition) is 2. The van der Waals surface area contributed by atoms with E-state index in [1.165, 1.54) is 0 Å². The molecular formula is C9H15ClN2O2. The van der Waals surface area contributed by atoms with Gasteiger partial charge in [-0.15, -0.1) is 11.6 Å². The third-order valence-corrected chi connectivity index (χ3v) is 2.13. The Balaban J connectivity index is 1.96. The Kier molecular flexibility index (Phi) is 4.73. The van der Waals surface area contributed by atoms with Crippen molar-refractivity contribution in [1.82, 2.24) is 10.6 Å². The van der Waals surface area contributed by atoms with Crippen molar-refractivity contribution in [3.05, 3.63) is 0 Å². The fourth-order valence-corrected chi connectivity index (χ4v) is 1.19. The fourth-order valence-electron chi connectivity index (χ4n) is 1.02. The van der Waals surface area contributed by atoms with E-state index in [9.17, 15) is 9.59 Å². The van der Waals surface area contributed by atoms with Gasteiger partial charge in [-0.1, -0.05) is 0 Å². The SMILES string of the molecule is O=C(CCCl)NCCC(=O)NC1CC1. The maximum absolute atomic E-state index is 11.1. The number of hydrogen-bond acceptors (Lipinski definition) is 2. The molecule has 2 N–H and O–H groups in total. The van der Waals surface area contributed by atoms with Crippen LogP contribution in [-0.4, -0.2) is 30.3 Å². The Morgan fingerprint density at radius 2 is 1.93 bits per heavy atom. The Morgan fingerprint density at radius 1 is 1.21 bits per heavy atom. The highest BCUT2D eigenvalue weighted by molar-refractivity contribution is 6.18. The van der Waals surface area contributed by atoms with Crippen LogP contribution in [0, 0.1) is 0 Å². The second-order valence-electron chi connectivity index (χ2n) is 3.38. The topological polar surface area (TPSA) is 58.2 Å². The minimum absolute atomic E-state index is 0.0127. The van der Waals surface area contributed by atoms with Crippen LogP contribution in [-0.2, 0) is 9.59 Å². The smallest absolute Gasteiger partial charge is 0.221 e. The number of halogens is 1. The highest BCUT2D eigenvalue weighted by Gasteiger charge is 2.22. The fraction of sp³-hybridized carbons (Fsp3) is 0.778. The van der Waals surface area contributed by atoms with Crippen LogP contribution in [0.3, 0.4) is 0 Å². The average Bonchev–Trinajstić information content (AvgIpc) is 2.88. The van der Waals surface area contributed by atoms with E-state index in [1.54, 1.807) is 0 Å². The zero-order valence-electron chi connectivity index (χ0n) is 8.01. The van der Waals surface area contributed by atoms with E-state index >= 15 is 0 Å². The molecule has 0 atom stereocenters. The maximum Gasteiger partial charge on any atom is 0.221 e. The van der Waals surface area contributed by atoms with Gasteiger partial charge >= 0.3 is 0 Å². The average molecular weight is 219 g/mol. The molecule has 1 fully saturated rings. The van der Waals surface area contributed by atoms with Gasteiger partial charge in [0.05, 0.1) is 0 Å². The number of alkyl halides is 1. The van der Waals surface area contributed by atoms with Crippen molar-refractivity contribution in [2.24, 2.45) is 0 Å². The molecule has 0 aromatic rings. The minimum Gasteiger partial charge on any atom is -0.356 e. The predicted octanol–water partition coefficient (Wildman–Crippen LogP) is 0.400. The summed E-state index contributed by atoms with van der Waals surface area (Å²) in [5.41, 5.74) is 0. The number of rotatable bonds is 6. The molecule has 14 heavy (non-hydrogen) atoms. The molecular weight excluding hydrogens is 204 g/mol. The molecule has 0 aliphatic heterocycles. The van der Waals surface area contributed by atoms with Crippen LogP contribution in [0.15, 0.2) is 0 Å². The summed E-state index contributed by atoms with van der Waals surface area (Å²) in [6.45, 7) is 0.397. The van der Waals surface area contributed by atoms with Crippen LogP contribution in [0.2, 0.25) is 0 Å². The first kappa shape index (κ1) is 11.3. The summed E-state index contributed by atoms with van der Waals surface area (Å²) in [5.74, 6) is 0.234.